The highest BCUT2D eigenvalue weighted by atomic mass is 16.6. The van der Waals surface area contributed by atoms with E-state index in [2.05, 4.69) is 0 Å². The van der Waals surface area contributed by atoms with Gasteiger partial charge in [-0.25, -0.2) is 4.79 Å². The number of piperidine rings is 1. The van der Waals surface area contributed by atoms with Gasteiger partial charge in [0.25, 0.3) is 11.7 Å². The fraction of sp³-hybridized carbons (Fsp3) is 0.750. The van der Waals surface area contributed by atoms with Crippen molar-refractivity contribution in [3.8, 4) is 0 Å². The number of allylic oxidation sites excluding steroid dienone is 6. The van der Waals surface area contributed by atoms with E-state index in [-0.39, 0.29) is 48.4 Å². The third-order valence-corrected chi connectivity index (χ3v) is 15.9. The van der Waals surface area contributed by atoms with Gasteiger partial charge >= 0.3 is 11.9 Å². The second kappa shape index (κ2) is 28.3. The molecule has 0 aromatic rings. The SMILES string of the molecule is CO[C@H]1C[C@@H]2CC[C@@H](C)[C@@](O)(O2)C(=O)C(=O)N2CCCCC2C(=O)O[C@H]([C@H](C)C[C@@H]2CC[C@@H](OC(=O)C(C)(CO)CO)[C@H](OC)C2)CC(=O)/C(C)=C/C(C)[C@@H](O)[C@@H](OC)C(=O)[C@H](C)C[C@H](C)C=CC=CC=C1C. The molecule has 17 nitrogen and oxygen atoms in total. The molecular formula is C56H87NO16. The summed E-state index contributed by atoms with van der Waals surface area (Å²) in [5, 5.41) is 43.1. The largest absolute Gasteiger partial charge is 0.460 e. The number of cyclic esters (lactones) is 1. The zero-order valence-electron chi connectivity index (χ0n) is 45.3. The first-order valence-corrected chi connectivity index (χ1v) is 26.4. The zero-order chi connectivity index (χ0) is 54.4. The molecule has 412 valence electrons. The summed E-state index contributed by atoms with van der Waals surface area (Å²) in [7, 11) is 4.44. The molecule has 3 aliphatic heterocycles. The van der Waals surface area contributed by atoms with Crippen molar-refractivity contribution in [3.05, 3.63) is 47.6 Å². The molecule has 1 aliphatic carbocycles. The summed E-state index contributed by atoms with van der Waals surface area (Å²) in [5.41, 5.74) is -0.363. The molecule has 1 saturated carbocycles. The van der Waals surface area contributed by atoms with Crippen LogP contribution < -0.4 is 0 Å². The molecule has 4 aliphatic rings. The highest BCUT2D eigenvalue weighted by Crippen LogP contribution is 2.38. The Morgan fingerprint density at radius 1 is 0.877 bits per heavy atom. The van der Waals surface area contributed by atoms with Crippen LogP contribution in [0.1, 0.15) is 132 Å². The van der Waals surface area contributed by atoms with Gasteiger partial charge in [0, 0.05) is 58.5 Å². The van der Waals surface area contributed by atoms with E-state index in [1.807, 2.05) is 51.2 Å². The van der Waals surface area contributed by atoms with E-state index < -0.39 is 120 Å². The van der Waals surface area contributed by atoms with Gasteiger partial charge in [-0.1, -0.05) is 71.1 Å². The van der Waals surface area contributed by atoms with E-state index in [4.69, 9.17) is 28.4 Å². The Bertz CT molecular complexity index is 2010. The number of aliphatic hydroxyl groups is 4. The number of amides is 1. The molecule has 0 aromatic heterocycles. The lowest BCUT2D eigenvalue weighted by Gasteiger charge is -2.42. The van der Waals surface area contributed by atoms with Crippen molar-refractivity contribution < 1.29 is 77.6 Å². The Morgan fingerprint density at radius 3 is 2.22 bits per heavy atom. The van der Waals surface area contributed by atoms with E-state index in [1.165, 1.54) is 21.1 Å². The molecule has 0 aromatic carbocycles. The van der Waals surface area contributed by atoms with Crippen molar-refractivity contribution in [2.75, 3.05) is 41.1 Å². The van der Waals surface area contributed by atoms with Gasteiger partial charge in [0.15, 0.2) is 11.6 Å². The number of carbonyl (C=O) groups excluding carboxylic acids is 6. The first kappa shape index (κ1) is 61.6. The number of methoxy groups -OCH3 is 3. The maximum Gasteiger partial charge on any atom is 0.329 e. The predicted octanol–water partition coefficient (Wildman–Crippen LogP) is 5.72. The monoisotopic (exact) mass is 1030 g/mol. The number of nitrogens with zero attached hydrogens (tertiary/aromatic N) is 1. The molecule has 2 saturated heterocycles. The Hall–Kier alpha value is -3.94. The summed E-state index contributed by atoms with van der Waals surface area (Å²) in [4.78, 5) is 85.4. The molecular weight excluding hydrogens is 943 g/mol. The van der Waals surface area contributed by atoms with Crippen LogP contribution in [0.4, 0.5) is 0 Å². The van der Waals surface area contributed by atoms with Crippen molar-refractivity contribution >= 4 is 35.2 Å². The summed E-state index contributed by atoms with van der Waals surface area (Å²) >= 11 is 0. The molecule has 2 bridgehead atoms. The van der Waals surface area contributed by atoms with Crippen molar-refractivity contribution in [1.29, 1.82) is 0 Å². The molecule has 15 atom stereocenters. The maximum atomic E-state index is 14.5. The summed E-state index contributed by atoms with van der Waals surface area (Å²) in [6, 6.07) is -1.20. The predicted molar refractivity (Wildman–Crippen MR) is 271 cm³/mol. The molecule has 73 heavy (non-hydrogen) atoms. The Morgan fingerprint density at radius 2 is 1.58 bits per heavy atom. The van der Waals surface area contributed by atoms with E-state index >= 15 is 0 Å². The first-order valence-electron chi connectivity index (χ1n) is 26.4. The van der Waals surface area contributed by atoms with Crippen molar-refractivity contribution in [3.63, 3.8) is 0 Å². The second-order valence-electron chi connectivity index (χ2n) is 21.9. The molecule has 1 amide bonds. The van der Waals surface area contributed by atoms with E-state index in [0.717, 1.165) is 10.5 Å². The van der Waals surface area contributed by atoms with Crippen LogP contribution in [-0.4, -0.2) is 156 Å². The molecule has 0 spiro atoms. The Balaban J connectivity index is 1.69. The van der Waals surface area contributed by atoms with Crippen LogP contribution >= 0.6 is 0 Å². The third-order valence-electron chi connectivity index (χ3n) is 15.9. The van der Waals surface area contributed by atoms with Crippen LogP contribution in [0, 0.1) is 40.9 Å². The molecule has 2 unspecified atom stereocenters. The van der Waals surface area contributed by atoms with Gasteiger partial charge in [0.2, 0.25) is 5.79 Å². The van der Waals surface area contributed by atoms with Gasteiger partial charge in [-0.3, -0.25) is 24.0 Å². The number of ether oxygens (including phenoxy) is 6. The number of aliphatic hydroxyl groups excluding tert-OH is 3. The fourth-order valence-corrected chi connectivity index (χ4v) is 10.7. The van der Waals surface area contributed by atoms with Crippen LogP contribution in [0.25, 0.3) is 0 Å². The first-order chi connectivity index (χ1) is 34.5. The lowest BCUT2D eigenvalue weighted by molar-refractivity contribution is -0.265. The van der Waals surface area contributed by atoms with Crippen molar-refractivity contribution in [1.82, 2.24) is 4.90 Å². The molecule has 17 heteroatoms. The standard InChI is InChI=1S/C56H87NO16/c1-33-17-13-12-14-18-34(2)45(68-9)29-41-22-20-39(7)56(67,73-41)51(63)52(64)57-24-16-15-19-42(57)53(65)71-46(30-43(60)35(3)26-38(6)49(62)50(70-11)48(61)37(5)25-33)36(4)27-40-21-23-44(47(28-40)69-10)72-54(66)55(8,31-58)32-59/h12-14,17-18,26,33,36-42,44-47,49-50,58-59,62,67H,15-16,19-25,27-32H2,1-11H3/b14-12?,17-13?,34-18?,35-26+/t33-,36-,37-,38?,39-,40+,41+,42?,44-,45+,46+,47-,49-,50+,56-/m1/s1. The summed E-state index contributed by atoms with van der Waals surface area (Å²) in [6.07, 6.45) is 9.81. The average Bonchev–Trinajstić information content (AvgIpc) is 3.37. The van der Waals surface area contributed by atoms with Crippen LogP contribution in [-0.2, 0) is 57.2 Å². The van der Waals surface area contributed by atoms with Gasteiger partial charge in [0.05, 0.1) is 37.6 Å². The quantitative estimate of drug-likeness (QED) is 0.151. The van der Waals surface area contributed by atoms with Gasteiger partial charge < -0.3 is 53.7 Å². The average molecular weight is 1030 g/mol. The number of Topliss-reactive ketones (excluding diaryl/α,β-unsaturated/α-hetero) is 3. The fourth-order valence-electron chi connectivity index (χ4n) is 10.7. The number of fused-ring (bicyclic) bond motifs is 3. The summed E-state index contributed by atoms with van der Waals surface area (Å²) in [6.45, 7) is 12.7. The smallest absolute Gasteiger partial charge is 0.329 e. The van der Waals surface area contributed by atoms with E-state index in [1.54, 1.807) is 40.9 Å². The summed E-state index contributed by atoms with van der Waals surface area (Å²) in [5.74, 6) is -9.33. The van der Waals surface area contributed by atoms with Crippen LogP contribution in [0.3, 0.4) is 0 Å². The minimum Gasteiger partial charge on any atom is -0.460 e. The molecule has 4 rings (SSSR count). The normalized spacial score (nSPS) is 35.8. The molecule has 3 fully saturated rings. The van der Waals surface area contributed by atoms with E-state index in [0.29, 0.717) is 64.2 Å². The number of hydrogen-bond acceptors (Lipinski definition) is 16. The van der Waals surface area contributed by atoms with Gasteiger partial charge in [-0.15, -0.1) is 0 Å². The van der Waals surface area contributed by atoms with Gasteiger partial charge in [-0.05, 0) is 114 Å². The number of carbonyl (C=O) groups is 6. The number of rotatable bonds is 10. The number of ketones is 3. The van der Waals surface area contributed by atoms with Crippen molar-refractivity contribution in [2.24, 2.45) is 40.9 Å². The Kier molecular flexibility index (Phi) is 23.9. The minimum absolute atomic E-state index is 0.00428. The summed E-state index contributed by atoms with van der Waals surface area (Å²) < 4.78 is 35.4. The lowest BCUT2D eigenvalue weighted by Crippen LogP contribution is -2.61. The molecule has 4 N–H and O–H groups in total. The van der Waals surface area contributed by atoms with Gasteiger partial charge in [0.1, 0.15) is 29.8 Å². The lowest BCUT2D eigenvalue weighted by atomic mass is 9.78. The van der Waals surface area contributed by atoms with Crippen LogP contribution in [0.15, 0.2) is 47.6 Å². The van der Waals surface area contributed by atoms with Crippen LogP contribution in [0.2, 0.25) is 0 Å². The van der Waals surface area contributed by atoms with E-state index in [9.17, 15) is 49.2 Å². The molecule has 0 radical (unpaired) electrons. The second-order valence-corrected chi connectivity index (χ2v) is 21.9. The minimum atomic E-state index is -2.47. The van der Waals surface area contributed by atoms with Crippen LogP contribution in [0.5, 0.6) is 0 Å². The highest BCUT2D eigenvalue weighted by molar-refractivity contribution is 6.39. The maximum absolute atomic E-state index is 14.5. The zero-order valence-corrected chi connectivity index (χ0v) is 45.3. The highest BCUT2D eigenvalue weighted by Gasteiger charge is 2.53. The topological polar surface area (TPSA) is 242 Å². The third kappa shape index (κ3) is 16.0. The Labute approximate surface area is 433 Å². The van der Waals surface area contributed by atoms with Crippen molar-refractivity contribution in [2.45, 2.75) is 187 Å². The number of esters is 2. The van der Waals surface area contributed by atoms with Gasteiger partial charge in [-0.2, -0.15) is 0 Å². The molecule has 3 heterocycles. The number of hydrogen-bond donors (Lipinski definition) is 4.